The molecule has 0 aromatic carbocycles. The fourth-order valence-corrected chi connectivity index (χ4v) is 4.75. The van der Waals surface area contributed by atoms with E-state index in [1.807, 2.05) is 13.8 Å². The van der Waals surface area contributed by atoms with Crippen LogP contribution in [0.2, 0.25) is 0 Å². The molecule has 2 aliphatic rings. The van der Waals surface area contributed by atoms with Gasteiger partial charge in [0.2, 0.25) is 5.88 Å². The van der Waals surface area contributed by atoms with Crippen molar-refractivity contribution in [1.82, 2.24) is 9.97 Å². The van der Waals surface area contributed by atoms with Crippen LogP contribution >= 0.6 is 0 Å². The van der Waals surface area contributed by atoms with E-state index in [2.05, 4.69) is 33.8 Å². The third kappa shape index (κ3) is 2.80. The molecular formula is C21H29N3O2. The minimum absolute atomic E-state index is 0.0913. The molecule has 4 atom stereocenters. The zero-order chi connectivity index (χ0) is 19.3. The van der Waals surface area contributed by atoms with Crippen LogP contribution in [0.5, 0.6) is 5.88 Å². The monoisotopic (exact) mass is 355 g/mol. The molecule has 140 valence electrons. The molecule has 1 saturated carbocycles. The third-order valence-electron chi connectivity index (χ3n) is 6.17. The molecule has 0 saturated heterocycles. The second kappa shape index (κ2) is 6.33. The Balaban J connectivity index is 2.21. The summed E-state index contributed by atoms with van der Waals surface area (Å²) in [4.78, 5) is 22.3. The molecule has 0 radical (unpaired) electrons. The molecule has 1 heterocycles. The van der Waals surface area contributed by atoms with Gasteiger partial charge in [-0.05, 0) is 32.1 Å². The van der Waals surface area contributed by atoms with Crippen molar-refractivity contribution in [2.24, 2.45) is 17.8 Å². The molecule has 3 rings (SSSR count). The first kappa shape index (κ1) is 18.8. The predicted octanol–water partition coefficient (Wildman–Crippen LogP) is 3.74. The van der Waals surface area contributed by atoms with E-state index >= 15 is 0 Å². The molecule has 0 bridgehead atoms. The quantitative estimate of drug-likeness (QED) is 0.808. The van der Waals surface area contributed by atoms with Gasteiger partial charge in [0.1, 0.15) is 11.7 Å². The van der Waals surface area contributed by atoms with Crippen molar-refractivity contribution in [3.05, 3.63) is 17.1 Å². The number of Topliss-reactive ketones (excluding diaryl/α,β-unsaturated/α-hetero) is 1. The van der Waals surface area contributed by atoms with Gasteiger partial charge in [-0.2, -0.15) is 10.2 Å². The summed E-state index contributed by atoms with van der Waals surface area (Å²) in [6, 6.07) is 2.23. The van der Waals surface area contributed by atoms with Gasteiger partial charge >= 0.3 is 0 Å². The number of carbonyl (C=O) groups is 1. The van der Waals surface area contributed by atoms with E-state index in [1.165, 1.54) is 0 Å². The highest BCUT2D eigenvalue weighted by molar-refractivity contribution is 5.87. The summed E-state index contributed by atoms with van der Waals surface area (Å²) in [5.41, 5.74) is 1.57. The standard InChI is InChI=1S/C21H29N3O2/c1-7-26-18-14-8-9-15-12(2)16(25)13(11-22)10-21(15,6)17(14)23-19(24-18)20(3,4)5/h12-13,15H,7-10H2,1-6H3/t12-,13?,15-,21-/m0/s1. The van der Waals surface area contributed by atoms with Crippen LogP contribution in [0.4, 0.5) is 0 Å². The molecule has 26 heavy (non-hydrogen) atoms. The summed E-state index contributed by atoms with van der Waals surface area (Å²) >= 11 is 0. The van der Waals surface area contributed by atoms with Crippen molar-refractivity contribution in [2.75, 3.05) is 6.61 Å². The number of nitriles is 1. The van der Waals surface area contributed by atoms with Crippen LogP contribution in [0.15, 0.2) is 0 Å². The van der Waals surface area contributed by atoms with Crippen LogP contribution in [-0.2, 0) is 22.0 Å². The second-order valence-corrected chi connectivity index (χ2v) is 9.00. The van der Waals surface area contributed by atoms with Gasteiger partial charge in [0.05, 0.1) is 18.4 Å². The third-order valence-corrected chi connectivity index (χ3v) is 6.17. The fourth-order valence-electron chi connectivity index (χ4n) is 4.75. The van der Waals surface area contributed by atoms with E-state index in [-0.39, 0.29) is 28.4 Å². The Morgan fingerprint density at radius 3 is 2.62 bits per heavy atom. The zero-order valence-corrected chi connectivity index (χ0v) is 16.7. The summed E-state index contributed by atoms with van der Waals surface area (Å²) < 4.78 is 5.88. The number of nitrogens with zero attached hydrogens (tertiary/aromatic N) is 3. The van der Waals surface area contributed by atoms with E-state index in [9.17, 15) is 10.1 Å². The number of aromatic nitrogens is 2. The summed E-state index contributed by atoms with van der Waals surface area (Å²) in [7, 11) is 0. The Morgan fingerprint density at radius 2 is 2.04 bits per heavy atom. The molecule has 0 spiro atoms. The summed E-state index contributed by atoms with van der Waals surface area (Å²) in [6.45, 7) is 13.0. The molecule has 5 nitrogen and oxygen atoms in total. The van der Waals surface area contributed by atoms with Crippen LogP contribution < -0.4 is 4.74 Å². The number of carbonyl (C=O) groups excluding carboxylic acids is 1. The maximum absolute atomic E-state index is 12.6. The topological polar surface area (TPSA) is 75.9 Å². The van der Waals surface area contributed by atoms with Crippen LogP contribution in [0.3, 0.4) is 0 Å². The molecule has 0 aliphatic heterocycles. The van der Waals surface area contributed by atoms with E-state index in [4.69, 9.17) is 14.7 Å². The largest absolute Gasteiger partial charge is 0.478 e. The van der Waals surface area contributed by atoms with Gasteiger partial charge in [-0.3, -0.25) is 4.79 Å². The van der Waals surface area contributed by atoms with Gasteiger partial charge in [0.15, 0.2) is 5.78 Å². The van der Waals surface area contributed by atoms with Crippen molar-refractivity contribution >= 4 is 5.78 Å². The number of fused-ring (bicyclic) bond motifs is 3. The number of rotatable bonds is 2. The number of hydrogen-bond donors (Lipinski definition) is 0. The van der Waals surface area contributed by atoms with Crippen LogP contribution in [0.1, 0.15) is 71.5 Å². The lowest BCUT2D eigenvalue weighted by atomic mass is 9.54. The molecule has 1 aromatic rings. The Morgan fingerprint density at radius 1 is 1.35 bits per heavy atom. The number of ketones is 1. The van der Waals surface area contributed by atoms with Gasteiger partial charge < -0.3 is 4.74 Å². The maximum Gasteiger partial charge on any atom is 0.220 e. The molecule has 5 heteroatoms. The van der Waals surface area contributed by atoms with Crippen molar-refractivity contribution in [3.8, 4) is 11.9 Å². The average molecular weight is 355 g/mol. The Bertz CT molecular complexity index is 775. The maximum atomic E-state index is 12.6. The van der Waals surface area contributed by atoms with Crippen molar-refractivity contribution < 1.29 is 9.53 Å². The molecule has 1 fully saturated rings. The highest BCUT2D eigenvalue weighted by Crippen LogP contribution is 2.53. The first-order valence-electron chi connectivity index (χ1n) is 9.61. The normalized spacial score (nSPS) is 31.0. The molecule has 0 amide bonds. The van der Waals surface area contributed by atoms with Crippen LogP contribution in [-0.4, -0.2) is 22.4 Å². The van der Waals surface area contributed by atoms with Crippen molar-refractivity contribution in [1.29, 1.82) is 5.26 Å². The van der Waals surface area contributed by atoms with E-state index in [1.54, 1.807) is 0 Å². The average Bonchev–Trinajstić information content (AvgIpc) is 2.57. The Labute approximate surface area is 156 Å². The van der Waals surface area contributed by atoms with E-state index in [0.29, 0.717) is 18.9 Å². The number of hydrogen-bond acceptors (Lipinski definition) is 5. The minimum Gasteiger partial charge on any atom is -0.478 e. The lowest BCUT2D eigenvalue weighted by molar-refractivity contribution is -0.132. The lowest BCUT2D eigenvalue weighted by Crippen LogP contribution is -2.51. The molecule has 2 aliphatic carbocycles. The van der Waals surface area contributed by atoms with Crippen LogP contribution in [0, 0.1) is 29.1 Å². The number of ether oxygens (including phenoxy) is 1. The van der Waals surface area contributed by atoms with Crippen molar-refractivity contribution in [3.63, 3.8) is 0 Å². The van der Waals surface area contributed by atoms with E-state index in [0.717, 1.165) is 29.9 Å². The van der Waals surface area contributed by atoms with Gasteiger partial charge in [-0.15, -0.1) is 0 Å². The Kier molecular flexibility index (Phi) is 4.58. The molecule has 1 aromatic heterocycles. The fraction of sp³-hybridized carbons (Fsp3) is 0.714. The SMILES string of the molecule is CCOc1nc(C(C)(C)C)nc2c1CC[C@H]1[C@H](C)C(=O)C(C#N)C[C@]21C. The predicted molar refractivity (Wildman–Crippen MR) is 99.0 cm³/mol. The first-order chi connectivity index (χ1) is 12.1. The van der Waals surface area contributed by atoms with E-state index < -0.39 is 5.92 Å². The highest BCUT2D eigenvalue weighted by atomic mass is 16.5. The molecule has 1 unspecified atom stereocenters. The second-order valence-electron chi connectivity index (χ2n) is 9.00. The Hall–Kier alpha value is -1.96. The summed E-state index contributed by atoms with van der Waals surface area (Å²) in [5.74, 6) is 1.08. The summed E-state index contributed by atoms with van der Waals surface area (Å²) in [6.07, 6.45) is 2.27. The molecule has 0 N–H and O–H groups in total. The van der Waals surface area contributed by atoms with Crippen LogP contribution in [0.25, 0.3) is 0 Å². The van der Waals surface area contributed by atoms with Gasteiger partial charge in [-0.1, -0.05) is 34.6 Å². The zero-order valence-electron chi connectivity index (χ0n) is 16.7. The van der Waals surface area contributed by atoms with Gasteiger partial charge in [-0.25, -0.2) is 4.98 Å². The van der Waals surface area contributed by atoms with Crippen molar-refractivity contribution in [2.45, 2.75) is 71.6 Å². The van der Waals surface area contributed by atoms with Gasteiger partial charge in [0, 0.05) is 22.3 Å². The highest BCUT2D eigenvalue weighted by Gasteiger charge is 2.53. The minimum atomic E-state index is -0.555. The van der Waals surface area contributed by atoms with Gasteiger partial charge in [0.25, 0.3) is 0 Å². The summed E-state index contributed by atoms with van der Waals surface area (Å²) in [5, 5.41) is 9.53. The molecular weight excluding hydrogens is 326 g/mol. The lowest BCUT2D eigenvalue weighted by Gasteiger charge is -2.49. The first-order valence-corrected chi connectivity index (χ1v) is 9.61. The smallest absolute Gasteiger partial charge is 0.220 e.